The summed E-state index contributed by atoms with van der Waals surface area (Å²) in [6, 6.07) is 2.07. The molecule has 0 unspecified atom stereocenters. The topological polar surface area (TPSA) is 49.2 Å². The number of anilines is 1. The molecule has 1 fully saturated rings. The summed E-state index contributed by atoms with van der Waals surface area (Å²) in [6.45, 7) is 4.40. The third kappa shape index (κ3) is 2.50. The Morgan fingerprint density at radius 3 is 2.75 bits per heavy atom. The standard InChI is InChI=1S/C12H19N3O/c1-2-11-7-12(14-9-13-11)15-5-3-10(8-16)4-6-15/h7,9-10,16H,2-6,8H2,1H3. The molecule has 0 bridgehead atoms. The predicted molar refractivity (Wildman–Crippen MR) is 63.4 cm³/mol. The van der Waals surface area contributed by atoms with Crippen LogP contribution in [0.5, 0.6) is 0 Å². The zero-order valence-corrected chi connectivity index (χ0v) is 9.76. The van der Waals surface area contributed by atoms with Gasteiger partial charge in [0.2, 0.25) is 0 Å². The van der Waals surface area contributed by atoms with Gasteiger partial charge in [0, 0.05) is 31.5 Å². The van der Waals surface area contributed by atoms with Gasteiger partial charge in [-0.1, -0.05) is 6.92 Å². The van der Waals surface area contributed by atoms with Crippen molar-refractivity contribution in [2.45, 2.75) is 26.2 Å². The third-order valence-electron chi connectivity index (χ3n) is 3.27. The number of nitrogens with zero attached hydrogens (tertiary/aromatic N) is 3. The minimum absolute atomic E-state index is 0.317. The second kappa shape index (κ2) is 5.25. The maximum absolute atomic E-state index is 9.09. The van der Waals surface area contributed by atoms with Crippen molar-refractivity contribution in [3.8, 4) is 0 Å². The Kier molecular flexibility index (Phi) is 3.72. The van der Waals surface area contributed by atoms with Crippen molar-refractivity contribution in [1.82, 2.24) is 9.97 Å². The zero-order chi connectivity index (χ0) is 11.4. The molecule has 0 radical (unpaired) electrons. The lowest BCUT2D eigenvalue weighted by Crippen LogP contribution is -2.35. The Bertz CT molecular complexity index is 335. The summed E-state index contributed by atoms with van der Waals surface area (Å²) in [5.41, 5.74) is 1.09. The zero-order valence-electron chi connectivity index (χ0n) is 9.76. The summed E-state index contributed by atoms with van der Waals surface area (Å²) in [7, 11) is 0. The lowest BCUT2D eigenvalue weighted by atomic mass is 9.98. The van der Waals surface area contributed by atoms with Gasteiger partial charge in [0.1, 0.15) is 12.1 Å². The van der Waals surface area contributed by atoms with Crippen molar-refractivity contribution >= 4 is 5.82 Å². The molecular formula is C12H19N3O. The molecule has 2 rings (SSSR count). The van der Waals surface area contributed by atoms with Crippen LogP contribution in [-0.2, 0) is 6.42 Å². The maximum atomic E-state index is 9.09. The number of hydrogen-bond donors (Lipinski definition) is 1. The lowest BCUT2D eigenvalue weighted by molar-refractivity contribution is 0.203. The molecule has 88 valence electrons. The number of aliphatic hydroxyl groups is 1. The SMILES string of the molecule is CCc1cc(N2CCC(CO)CC2)ncn1. The molecule has 4 heteroatoms. The molecule has 0 amide bonds. The monoisotopic (exact) mass is 221 g/mol. The number of aliphatic hydroxyl groups excluding tert-OH is 1. The molecule has 4 nitrogen and oxygen atoms in total. The minimum atomic E-state index is 0.317. The van der Waals surface area contributed by atoms with Crippen LogP contribution >= 0.6 is 0 Å². The van der Waals surface area contributed by atoms with Gasteiger partial charge in [-0.15, -0.1) is 0 Å². The highest BCUT2D eigenvalue weighted by Gasteiger charge is 2.19. The summed E-state index contributed by atoms with van der Waals surface area (Å²) in [6.07, 6.45) is 4.71. The molecule has 1 aliphatic heterocycles. The van der Waals surface area contributed by atoms with Gasteiger partial charge in [-0.3, -0.25) is 0 Å². The van der Waals surface area contributed by atoms with Gasteiger partial charge in [-0.05, 0) is 25.2 Å². The predicted octanol–water partition coefficient (Wildman–Crippen LogP) is 1.25. The van der Waals surface area contributed by atoms with Crippen molar-refractivity contribution in [1.29, 1.82) is 0 Å². The first-order valence-electron chi connectivity index (χ1n) is 6.00. The van der Waals surface area contributed by atoms with Crippen LogP contribution in [0.2, 0.25) is 0 Å². The van der Waals surface area contributed by atoms with E-state index in [9.17, 15) is 0 Å². The van der Waals surface area contributed by atoms with Crippen LogP contribution in [0, 0.1) is 5.92 Å². The number of rotatable bonds is 3. The van der Waals surface area contributed by atoms with Gasteiger partial charge in [0.05, 0.1) is 0 Å². The van der Waals surface area contributed by atoms with Crippen molar-refractivity contribution in [2.75, 3.05) is 24.6 Å². The second-order valence-electron chi connectivity index (χ2n) is 4.33. The molecule has 0 aliphatic carbocycles. The molecule has 2 heterocycles. The van der Waals surface area contributed by atoms with Gasteiger partial charge in [0.25, 0.3) is 0 Å². The van der Waals surface area contributed by atoms with E-state index in [0.29, 0.717) is 12.5 Å². The van der Waals surface area contributed by atoms with E-state index in [1.54, 1.807) is 6.33 Å². The van der Waals surface area contributed by atoms with Gasteiger partial charge >= 0.3 is 0 Å². The highest BCUT2D eigenvalue weighted by Crippen LogP contribution is 2.21. The Labute approximate surface area is 96.3 Å². The summed E-state index contributed by atoms with van der Waals surface area (Å²) in [4.78, 5) is 10.8. The molecule has 1 aromatic heterocycles. The summed E-state index contributed by atoms with van der Waals surface area (Å²) >= 11 is 0. The molecule has 1 N–H and O–H groups in total. The maximum Gasteiger partial charge on any atom is 0.132 e. The van der Waals surface area contributed by atoms with E-state index in [1.165, 1.54) is 0 Å². The summed E-state index contributed by atoms with van der Waals surface area (Å²) in [5.74, 6) is 1.51. The molecule has 0 atom stereocenters. The van der Waals surface area contributed by atoms with E-state index in [4.69, 9.17) is 5.11 Å². The number of aryl methyl sites for hydroxylation is 1. The highest BCUT2D eigenvalue weighted by atomic mass is 16.3. The first kappa shape index (κ1) is 11.3. The fourth-order valence-electron chi connectivity index (χ4n) is 2.10. The largest absolute Gasteiger partial charge is 0.396 e. The first-order valence-corrected chi connectivity index (χ1v) is 6.00. The van der Waals surface area contributed by atoms with Crippen LogP contribution in [-0.4, -0.2) is 34.8 Å². The fourth-order valence-corrected chi connectivity index (χ4v) is 2.10. The van der Waals surface area contributed by atoms with Crippen LogP contribution < -0.4 is 4.90 Å². The Morgan fingerprint density at radius 2 is 2.12 bits per heavy atom. The van der Waals surface area contributed by atoms with E-state index in [2.05, 4.69) is 27.9 Å². The molecule has 1 aliphatic rings. The Morgan fingerprint density at radius 1 is 1.38 bits per heavy atom. The summed E-state index contributed by atoms with van der Waals surface area (Å²) < 4.78 is 0. The number of aromatic nitrogens is 2. The smallest absolute Gasteiger partial charge is 0.132 e. The number of piperidine rings is 1. The average molecular weight is 221 g/mol. The summed E-state index contributed by atoms with van der Waals surface area (Å²) in [5, 5.41) is 9.09. The van der Waals surface area contributed by atoms with Gasteiger partial charge in [0.15, 0.2) is 0 Å². The van der Waals surface area contributed by atoms with E-state index >= 15 is 0 Å². The van der Waals surface area contributed by atoms with E-state index in [1.807, 2.05) is 0 Å². The van der Waals surface area contributed by atoms with Crippen molar-refractivity contribution in [2.24, 2.45) is 5.92 Å². The minimum Gasteiger partial charge on any atom is -0.396 e. The van der Waals surface area contributed by atoms with Crippen LogP contribution in [0.25, 0.3) is 0 Å². The third-order valence-corrected chi connectivity index (χ3v) is 3.27. The van der Waals surface area contributed by atoms with Gasteiger partial charge in [-0.2, -0.15) is 0 Å². The Balaban J connectivity index is 2.02. The lowest BCUT2D eigenvalue weighted by Gasteiger charge is -2.31. The molecule has 0 saturated carbocycles. The molecule has 0 spiro atoms. The molecule has 1 saturated heterocycles. The normalized spacial score (nSPS) is 17.8. The van der Waals surface area contributed by atoms with Crippen molar-refractivity contribution < 1.29 is 5.11 Å². The van der Waals surface area contributed by atoms with Gasteiger partial charge in [-0.25, -0.2) is 9.97 Å². The molecule has 1 aromatic rings. The van der Waals surface area contributed by atoms with Crippen LogP contribution in [0.1, 0.15) is 25.5 Å². The van der Waals surface area contributed by atoms with Crippen LogP contribution in [0.3, 0.4) is 0 Å². The first-order chi connectivity index (χ1) is 7.83. The second-order valence-corrected chi connectivity index (χ2v) is 4.33. The van der Waals surface area contributed by atoms with Crippen molar-refractivity contribution in [3.63, 3.8) is 0 Å². The molecule has 16 heavy (non-hydrogen) atoms. The van der Waals surface area contributed by atoms with Crippen LogP contribution in [0.15, 0.2) is 12.4 Å². The van der Waals surface area contributed by atoms with E-state index in [-0.39, 0.29) is 0 Å². The van der Waals surface area contributed by atoms with Gasteiger partial charge < -0.3 is 10.0 Å². The fraction of sp³-hybridized carbons (Fsp3) is 0.667. The highest BCUT2D eigenvalue weighted by molar-refractivity contribution is 5.39. The average Bonchev–Trinajstić information content (AvgIpc) is 2.39. The molecular weight excluding hydrogens is 202 g/mol. The van der Waals surface area contributed by atoms with Crippen molar-refractivity contribution in [3.05, 3.63) is 18.1 Å². The Hall–Kier alpha value is -1.16. The quantitative estimate of drug-likeness (QED) is 0.834. The van der Waals surface area contributed by atoms with E-state index in [0.717, 1.165) is 43.9 Å². The number of hydrogen-bond acceptors (Lipinski definition) is 4. The van der Waals surface area contributed by atoms with Crippen LogP contribution in [0.4, 0.5) is 5.82 Å². The van der Waals surface area contributed by atoms with E-state index < -0.39 is 0 Å². The molecule has 0 aromatic carbocycles.